The number of nitro benzene ring substituents is 1. The van der Waals surface area contributed by atoms with Crippen LogP contribution < -0.4 is 14.8 Å². The van der Waals surface area contributed by atoms with Crippen molar-refractivity contribution in [2.45, 2.75) is 13.5 Å². The highest BCUT2D eigenvalue weighted by Crippen LogP contribution is 2.38. The van der Waals surface area contributed by atoms with Crippen molar-refractivity contribution in [3.63, 3.8) is 0 Å². The van der Waals surface area contributed by atoms with Crippen LogP contribution in [-0.4, -0.2) is 22.6 Å². The summed E-state index contributed by atoms with van der Waals surface area (Å²) in [7, 11) is 0. The third-order valence-corrected chi connectivity index (χ3v) is 7.83. The number of hydrogen-bond donors (Lipinski definition) is 1. The fourth-order valence-electron chi connectivity index (χ4n) is 4.12. The topological polar surface area (TPSA) is 103 Å². The Morgan fingerprint density at radius 2 is 1.90 bits per heavy atom. The van der Waals surface area contributed by atoms with Gasteiger partial charge >= 0.3 is 0 Å². The van der Waals surface area contributed by atoms with Gasteiger partial charge in [0.2, 0.25) is 0 Å². The maximum atomic E-state index is 12.7. The van der Waals surface area contributed by atoms with Gasteiger partial charge in [-0.05, 0) is 93.5 Å². The second-order valence-electron chi connectivity index (χ2n) is 8.56. The molecule has 0 aliphatic carbocycles. The first-order valence-electron chi connectivity index (χ1n) is 12.1. The van der Waals surface area contributed by atoms with Gasteiger partial charge in [-0.2, -0.15) is 0 Å². The van der Waals surface area contributed by atoms with Gasteiger partial charge in [0.1, 0.15) is 12.3 Å². The zero-order chi connectivity index (χ0) is 28.2. The lowest BCUT2D eigenvalue weighted by Crippen LogP contribution is -2.19. The highest BCUT2D eigenvalue weighted by molar-refractivity contribution is 14.1. The van der Waals surface area contributed by atoms with Crippen molar-refractivity contribution >= 4 is 85.3 Å². The number of nitrogens with zero attached hydrogens (tertiary/aromatic N) is 2. The molecule has 4 aromatic rings. The van der Waals surface area contributed by atoms with Gasteiger partial charge in [0, 0.05) is 11.1 Å². The summed E-state index contributed by atoms with van der Waals surface area (Å²) < 4.78 is 13.0. The standard InChI is InChI=1S/C29H21ClIN3O5S/c1-2-38-25-13-17(12-22(31)27(25)39-16-19-8-5-7-18-6-3-4-9-21(18)19)14-26-28(35)33-29(40-26)32-23-11-10-20(30)15-24(23)34(36)37/h3-15H,2,16H2,1H3,(H,32,33,35)/b26-14+. The van der Waals surface area contributed by atoms with Crippen LogP contribution in [0.4, 0.5) is 11.4 Å². The largest absolute Gasteiger partial charge is 0.490 e. The van der Waals surface area contributed by atoms with E-state index in [2.05, 4.69) is 51.1 Å². The van der Waals surface area contributed by atoms with Crippen LogP contribution >= 0.6 is 46.0 Å². The first-order valence-corrected chi connectivity index (χ1v) is 14.4. The van der Waals surface area contributed by atoms with Gasteiger partial charge in [-0.3, -0.25) is 14.9 Å². The molecule has 8 nitrogen and oxygen atoms in total. The van der Waals surface area contributed by atoms with Gasteiger partial charge in [-0.15, -0.1) is 0 Å². The molecule has 0 spiro atoms. The summed E-state index contributed by atoms with van der Waals surface area (Å²) in [6.07, 6.45) is 1.72. The molecule has 1 amide bonds. The van der Waals surface area contributed by atoms with Gasteiger partial charge in [0.15, 0.2) is 16.7 Å². The summed E-state index contributed by atoms with van der Waals surface area (Å²) in [5.74, 6) is 0.832. The SMILES string of the molecule is CCOc1cc(/C=C2/SC(=Nc3ccc(Cl)cc3[N+](=O)[O-])NC2=O)cc(I)c1OCc1cccc2ccccc12. The van der Waals surface area contributed by atoms with E-state index in [9.17, 15) is 14.9 Å². The Hall–Kier alpha value is -3.61. The molecule has 5 rings (SSSR count). The van der Waals surface area contributed by atoms with Crippen LogP contribution in [0, 0.1) is 13.7 Å². The molecule has 0 radical (unpaired) electrons. The monoisotopic (exact) mass is 685 g/mol. The zero-order valence-electron chi connectivity index (χ0n) is 21.0. The Morgan fingerprint density at radius 1 is 1.10 bits per heavy atom. The van der Waals surface area contributed by atoms with Crippen molar-refractivity contribution < 1.29 is 19.2 Å². The number of amidine groups is 1. The molecule has 1 saturated heterocycles. The smallest absolute Gasteiger partial charge is 0.296 e. The first-order chi connectivity index (χ1) is 19.3. The Labute approximate surface area is 252 Å². The summed E-state index contributed by atoms with van der Waals surface area (Å²) >= 11 is 9.18. The van der Waals surface area contributed by atoms with Gasteiger partial charge in [-0.1, -0.05) is 54.1 Å². The van der Waals surface area contributed by atoms with Crippen LogP contribution in [0.2, 0.25) is 5.02 Å². The number of halogens is 2. The van der Waals surface area contributed by atoms with Gasteiger partial charge in [-0.25, -0.2) is 4.99 Å². The van der Waals surface area contributed by atoms with E-state index in [1.807, 2.05) is 43.3 Å². The number of benzene rings is 4. The van der Waals surface area contributed by atoms with E-state index >= 15 is 0 Å². The summed E-state index contributed by atoms with van der Waals surface area (Å²) in [6.45, 7) is 2.70. The average molecular weight is 686 g/mol. The highest BCUT2D eigenvalue weighted by atomic mass is 127. The predicted molar refractivity (Wildman–Crippen MR) is 168 cm³/mol. The number of rotatable bonds is 8. The van der Waals surface area contributed by atoms with Crippen LogP contribution in [0.15, 0.2) is 82.7 Å². The third-order valence-electron chi connectivity index (χ3n) is 5.89. The van der Waals surface area contributed by atoms with Crippen molar-refractivity contribution in [3.05, 3.63) is 108 Å². The van der Waals surface area contributed by atoms with E-state index in [1.165, 1.54) is 18.2 Å². The van der Waals surface area contributed by atoms with Crippen LogP contribution in [-0.2, 0) is 11.4 Å². The first kappa shape index (κ1) is 27.9. The second-order valence-corrected chi connectivity index (χ2v) is 11.2. The van der Waals surface area contributed by atoms with Crippen LogP contribution in [0.5, 0.6) is 11.5 Å². The number of amides is 1. The highest BCUT2D eigenvalue weighted by Gasteiger charge is 2.26. The van der Waals surface area contributed by atoms with Gasteiger partial charge < -0.3 is 14.8 Å². The van der Waals surface area contributed by atoms with E-state index < -0.39 is 4.92 Å². The van der Waals surface area contributed by atoms with Crippen molar-refractivity contribution in [3.8, 4) is 11.5 Å². The molecule has 202 valence electrons. The molecule has 40 heavy (non-hydrogen) atoms. The van der Waals surface area contributed by atoms with Gasteiger partial charge in [0.05, 0.1) is 20.0 Å². The van der Waals surface area contributed by atoms with Crippen molar-refractivity contribution in [1.29, 1.82) is 0 Å². The van der Waals surface area contributed by atoms with E-state index in [1.54, 1.807) is 6.08 Å². The molecular formula is C29H21ClIN3O5S. The summed E-state index contributed by atoms with van der Waals surface area (Å²) in [5.41, 5.74) is 1.65. The average Bonchev–Trinajstić information content (AvgIpc) is 3.27. The van der Waals surface area contributed by atoms with Crippen molar-refractivity contribution in [2.75, 3.05) is 6.61 Å². The van der Waals surface area contributed by atoms with Crippen LogP contribution in [0.3, 0.4) is 0 Å². The lowest BCUT2D eigenvalue weighted by atomic mass is 10.1. The second kappa shape index (κ2) is 12.3. The van der Waals surface area contributed by atoms with Crippen molar-refractivity contribution in [1.82, 2.24) is 5.32 Å². The molecule has 1 aliphatic rings. The fraction of sp³-hybridized carbons (Fsp3) is 0.103. The quantitative estimate of drug-likeness (QED) is 0.0877. The summed E-state index contributed by atoms with van der Waals surface area (Å²) in [6, 6.07) is 22.2. The number of thioether (sulfide) groups is 1. The minimum Gasteiger partial charge on any atom is -0.490 e. The Morgan fingerprint density at radius 3 is 2.70 bits per heavy atom. The van der Waals surface area contributed by atoms with Gasteiger partial charge in [0.25, 0.3) is 11.6 Å². The number of carbonyl (C=O) groups excluding carboxylic acids is 1. The normalized spacial score (nSPS) is 15.0. The molecule has 0 saturated carbocycles. The molecule has 1 N–H and O–H groups in total. The molecule has 1 fully saturated rings. The molecule has 0 aromatic heterocycles. The summed E-state index contributed by atoms with van der Waals surface area (Å²) in [5, 5.41) is 16.8. The molecule has 4 aromatic carbocycles. The van der Waals surface area contributed by atoms with Crippen molar-refractivity contribution in [2.24, 2.45) is 4.99 Å². The number of ether oxygens (including phenoxy) is 2. The maximum Gasteiger partial charge on any atom is 0.296 e. The van der Waals surface area contributed by atoms with E-state index in [0.29, 0.717) is 29.6 Å². The van der Waals surface area contributed by atoms with Crippen LogP contribution in [0.1, 0.15) is 18.1 Å². The Bertz CT molecular complexity index is 1700. The number of fused-ring (bicyclic) bond motifs is 1. The number of nitro groups is 1. The molecular weight excluding hydrogens is 665 g/mol. The summed E-state index contributed by atoms with van der Waals surface area (Å²) in [4.78, 5) is 28.2. The Kier molecular flexibility index (Phi) is 8.57. The lowest BCUT2D eigenvalue weighted by Gasteiger charge is -2.16. The Balaban J connectivity index is 1.40. The van der Waals surface area contributed by atoms with E-state index in [-0.39, 0.29) is 27.5 Å². The minimum atomic E-state index is -0.565. The molecule has 1 heterocycles. The lowest BCUT2D eigenvalue weighted by molar-refractivity contribution is -0.384. The molecule has 0 bridgehead atoms. The predicted octanol–water partition coefficient (Wildman–Crippen LogP) is 7.88. The maximum absolute atomic E-state index is 12.7. The minimum absolute atomic E-state index is 0.0966. The zero-order valence-corrected chi connectivity index (χ0v) is 24.7. The number of aliphatic imine (C=N–C) groups is 1. The number of nitrogens with one attached hydrogen (secondary N) is 1. The molecule has 0 atom stereocenters. The fourth-order valence-corrected chi connectivity index (χ4v) is 5.90. The number of hydrogen-bond acceptors (Lipinski definition) is 7. The van der Waals surface area contributed by atoms with E-state index in [4.69, 9.17) is 21.1 Å². The molecule has 0 unspecified atom stereocenters. The van der Waals surface area contributed by atoms with Crippen LogP contribution in [0.25, 0.3) is 16.8 Å². The third kappa shape index (κ3) is 6.24. The van der Waals surface area contributed by atoms with E-state index in [0.717, 1.165) is 37.2 Å². The number of carbonyl (C=O) groups is 1. The molecule has 11 heteroatoms. The molecule has 1 aliphatic heterocycles.